The lowest BCUT2D eigenvalue weighted by Gasteiger charge is -2.17. The van der Waals surface area contributed by atoms with Gasteiger partial charge >= 0.3 is 0 Å². The zero-order valence-electron chi connectivity index (χ0n) is 12.8. The third-order valence-electron chi connectivity index (χ3n) is 3.51. The first-order chi connectivity index (χ1) is 11.8. The van der Waals surface area contributed by atoms with Gasteiger partial charge in [-0.3, -0.25) is 9.59 Å². The molecule has 0 saturated heterocycles. The molecule has 1 aliphatic rings. The molecule has 1 aromatic heterocycles. The minimum atomic E-state index is -4.01. The number of amides is 2. The molecule has 0 spiro atoms. The van der Waals surface area contributed by atoms with Crippen molar-refractivity contribution in [2.24, 2.45) is 0 Å². The van der Waals surface area contributed by atoms with E-state index in [0.717, 1.165) is 6.08 Å². The molecule has 0 aliphatic carbocycles. The number of benzene rings is 1. The van der Waals surface area contributed by atoms with Crippen LogP contribution in [0.2, 0.25) is 0 Å². The SMILES string of the molecule is O=C(/C=C/c1ccc(Br)o1)NS(=O)(=O)c1ccc2c(c1)CCC(=O)N2. The largest absolute Gasteiger partial charge is 0.450 e. The molecular weight excluding hydrogens is 412 g/mol. The van der Waals surface area contributed by atoms with Crippen molar-refractivity contribution >= 4 is 49.5 Å². The van der Waals surface area contributed by atoms with Crippen molar-refractivity contribution < 1.29 is 22.4 Å². The Morgan fingerprint density at radius 2 is 2.04 bits per heavy atom. The maximum absolute atomic E-state index is 12.3. The zero-order valence-corrected chi connectivity index (χ0v) is 15.2. The van der Waals surface area contributed by atoms with E-state index in [1.54, 1.807) is 12.1 Å². The number of aryl methyl sites for hydroxylation is 1. The van der Waals surface area contributed by atoms with E-state index in [1.165, 1.54) is 24.3 Å². The van der Waals surface area contributed by atoms with Crippen LogP contribution in [0, 0.1) is 0 Å². The van der Waals surface area contributed by atoms with Crippen LogP contribution in [0.15, 0.2) is 50.4 Å². The predicted octanol–water partition coefficient (Wildman–Crippen LogP) is 2.45. The van der Waals surface area contributed by atoms with Crippen LogP contribution in [0.4, 0.5) is 5.69 Å². The highest BCUT2D eigenvalue weighted by Gasteiger charge is 2.21. The van der Waals surface area contributed by atoms with E-state index in [4.69, 9.17) is 4.42 Å². The number of hydrogen-bond donors (Lipinski definition) is 2. The van der Waals surface area contributed by atoms with E-state index in [9.17, 15) is 18.0 Å². The van der Waals surface area contributed by atoms with Crippen LogP contribution in [0.25, 0.3) is 6.08 Å². The van der Waals surface area contributed by atoms with Gasteiger partial charge in [0.1, 0.15) is 5.76 Å². The molecule has 2 aromatic rings. The molecule has 1 aliphatic heterocycles. The van der Waals surface area contributed by atoms with Gasteiger partial charge in [0.2, 0.25) is 5.91 Å². The van der Waals surface area contributed by atoms with Crippen molar-refractivity contribution in [1.82, 2.24) is 4.72 Å². The van der Waals surface area contributed by atoms with Gasteiger partial charge < -0.3 is 9.73 Å². The molecule has 2 amide bonds. The number of rotatable bonds is 4. The molecule has 0 fully saturated rings. The summed E-state index contributed by atoms with van der Waals surface area (Å²) in [6.45, 7) is 0. The van der Waals surface area contributed by atoms with Gasteiger partial charge in [-0.1, -0.05) is 0 Å². The van der Waals surface area contributed by atoms with Gasteiger partial charge in [-0.2, -0.15) is 0 Å². The molecule has 2 heterocycles. The number of anilines is 1. The van der Waals surface area contributed by atoms with Crippen LogP contribution in [0.3, 0.4) is 0 Å². The van der Waals surface area contributed by atoms with Gasteiger partial charge in [0.05, 0.1) is 4.90 Å². The minimum Gasteiger partial charge on any atom is -0.450 e. The Morgan fingerprint density at radius 3 is 2.76 bits per heavy atom. The zero-order chi connectivity index (χ0) is 18.0. The summed E-state index contributed by atoms with van der Waals surface area (Å²) >= 11 is 3.13. The van der Waals surface area contributed by atoms with E-state index >= 15 is 0 Å². The van der Waals surface area contributed by atoms with Crippen molar-refractivity contribution in [1.29, 1.82) is 0 Å². The maximum atomic E-state index is 12.3. The molecule has 0 saturated carbocycles. The van der Waals surface area contributed by atoms with Gasteiger partial charge in [0.25, 0.3) is 15.9 Å². The van der Waals surface area contributed by atoms with Crippen molar-refractivity contribution in [3.8, 4) is 0 Å². The Kier molecular flexibility index (Phi) is 4.78. The maximum Gasteiger partial charge on any atom is 0.264 e. The van der Waals surface area contributed by atoms with Crippen LogP contribution in [0.1, 0.15) is 17.7 Å². The summed E-state index contributed by atoms with van der Waals surface area (Å²) in [5.74, 6) is -0.492. The Labute approximate surface area is 152 Å². The molecule has 1 aromatic carbocycles. The number of sulfonamides is 1. The monoisotopic (exact) mass is 424 g/mol. The van der Waals surface area contributed by atoms with Crippen molar-refractivity contribution in [2.75, 3.05) is 5.32 Å². The second kappa shape index (κ2) is 6.85. The lowest BCUT2D eigenvalue weighted by molar-refractivity contribution is -0.116. The summed E-state index contributed by atoms with van der Waals surface area (Å²) in [5.41, 5.74) is 1.30. The van der Waals surface area contributed by atoms with E-state index in [-0.39, 0.29) is 10.8 Å². The van der Waals surface area contributed by atoms with Crippen LogP contribution < -0.4 is 10.0 Å². The van der Waals surface area contributed by atoms with Gasteiger partial charge in [-0.15, -0.1) is 0 Å². The van der Waals surface area contributed by atoms with Crippen LogP contribution in [-0.4, -0.2) is 20.2 Å². The third-order valence-corrected chi connectivity index (χ3v) is 5.28. The van der Waals surface area contributed by atoms with E-state index in [2.05, 4.69) is 21.2 Å². The average Bonchev–Trinajstić information content (AvgIpc) is 2.97. The van der Waals surface area contributed by atoms with E-state index < -0.39 is 15.9 Å². The first-order valence-corrected chi connectivity index (χ1v) is 9.54. The molecule has 2 N–H and O–H groups in total. The van der Waals surface area contributed by atoms with Gasteiger partial charge in [0.15, 0.2) is 4.67 Å². The number of carbonyl (C=O) groups excluding carboxylic acids is 2. The molecule has 7 nitrogen and oxygen atoms in total. The fourth-order valence-corrected chi connectivity index (χ4v) is 3.64. The normalized spacial score (nSPS) is 14.2. The number of nitrogens with one attached hydrogen (secondary N) is 2. The number of carbonyl (C=O) groups is 2. The molecule has 0 atom stereocenters. The summed E-state index contributed by atoms with van der Waals surface area (Å²) in [7, 11) is -4.01. The van der Waals surface area contributed by atoms with Crippen molar-refractivity contribution in [3.05, 3.63) is 52.4 Å². The fraction of sp³-hybridized carbons (Fsp3) is 0.125. The summed E-state index contributed by atoms with van der Waals surface area (Å²) < 4.78 is 32.3. The average molecular weight is 425 g/mol. The molecule has 0 unspecified atom stereocenters. The number of fused-ring (bicyclic) bond motifs is 1. The Hall–Kier alpha value is -2.39. The van der Waals surface area contributed by atoms with Crippen molar-refractivity contribution in [2.45, 2.75) is 17.7 Å². The highest BCUT2D eigenvalue weighted by molar-refractivity contribution is 9.10. The van der Waals surface area contributed by atoms with Crippen LogP contribution in [0.5, 0.6) is 0 Å². The molecule has 25 heavy (non-hydrogen) atoms. The number of furan rings is 1. The summed E-state index contributed by atoms with van der Waals surface area (Å²) in [6, 6.07) is 7.59. The molecule has 9 heteroatoms. The Morgan fingerprint density at radius 1 is 1.24 bits per heavy atom. The van der Waals surface area contributed by atoms with Crippen LogP contribution in [-0.2, 0) is 26.0 Å². The second-order valence-corrected chi connectivity index (χ2v) is 7.78. The molecule has 0 bridgehead atoms. The van der Waals surface area contributed by atoms with E-state index in [0.29, 0.717) is 34.5 Å². The molecule has 130 valence electrons. The Bertz CT molecular complexity index is 978. The number of hydrogen-bond acceptors (Lipinski definition) is 5. The molecule has 0 radical (unpaired) electrons. The standard InChI is InChI=1S/C16H13BrN2O5S/c17-14-6-2-11(24-14)3-8-16(21)19-25(22,23)12-4-5-13-10(9-12)1-7-15(20)18-13/h2-6,8-9H,1,7H2,(H,18,20)(H,19,21)/b8-3+. The quantitative estimate of drug-likeness (QED) is 0.733. The molecular formula is C16H13BrN2O5S. The predicted molar refractivity (Wildman–Crippen MR) is 94.2 cm³/mol. The smallest absolute Gasteiger partial charge is 0.264 e. The van der Waals surface area contributed by atoms with Gasteiger partial charge in [-0.05, 0) is 64.3 Å². The van der Waals surface area contributed by atoms with Crippen molar-refractivity contribution in [3.63, 3.8) is 0 Å². The van der Waals surface area contributed by atoms with Gasteiger partial charge in [0, 0.05) is 18.2 Å². The lowest BCUT2D eigenvalue weighted by atomic mass is 10.0. The molecule has 3 rings (SSSR count). The first-order valence-electron chi connectivity index (χ1n) is 7.26. The third kappa shape index (κ3) is 4.18. The highest BCUT2D eigenvalue weighted by Crippen LogP contribution is 2.25. The Balaban J connectivity index is 1.74. The summed E-state index contributed by atoms with van der Waals surface area (Å²) in [4.78, 5) is 23.2. The minimum absolute atomic E-state index is 0.0371. The van der Waals surface area contributed by atoms with E-state index in [1.807, 2.05) is 4.72 Å². The summed E-state index contributed by atoms with van der Waals surface area (Å²) in [5, 5.41) is 2.67. The lowest BCUT2D eigenvalue weighted by Crippen LogP contribution is -2.29. The second-order valence-electron chi connectivity index (χ2n) is 5.31. The number of halogens is 1. The summed E-state index contributed by atoms with van der Waals surface area (Å²) in [6.07, 6.45) is 3.18. The highest BCUT2D eigenvalue weighted by atomic mass is 79.9. The van der Waals surface area contributed by atoms with Gasteiger partial charge in [-0.25, -0.2) is 13.1 Å². The van der Waals surface area contributed by atoms with Crippen LogP contribution >= 0.6 is 15.9 Å². The fourth-order valence-electron chi connectivity index (χ4n) is 2.33. The first kappa shape index (κ1) is 17.4. The topological polar surface area (TPSA) is 105 Å².